The van der Waals surface area contributed by atoms with E-state index in [-0.39, 0.29) is 11.7 Å². The molecule has 1 fully saturated rings. The van der Waals surface area contributed by atoms with Gasteiger partial charge in [0.25, 0.3) is 0 Å². The number of hydrogen-bond donors (Lipinski definition) is 1. The number of nitrogens with zero attached hydrogens (tertiary/aromatic N) is 1. The lowest BCUT2D eigenvalue weighted by Gasteiger charge is -2.28. The molecule has 72 valence electrons. The molecular formula is C10H15NO2. The number of aliphatic hydroxyl groups excluding tert-OH is 1. The lowest BCUT2D eigenvalue weighted by Crippen LogP contribution is -2.37. The molecule has 0 amide bonds. The minimum atomic E-state index is -0.990. The third-order valence-electron chi connectivity index (χ3n) is 3.18. The summed E-state index contributed by atoms with van der Waals surface area (Å²) in [6, 6.07) is 2.04. The van der Waals surface area contributed by atoms with Crippen molar-refractivity contribution >= 4 is 5.78 Å². The van der Waals surface area contributed by atoms with Gasteiger partial charge in [0.1, 0.15) is 11.2 Å². The Morgan fingerprint density at radius 2 is 2.23 bits per heavy atom. The maximum absolute atomic E-state index is 11.3. The zero-order valence-corrected chi connectivity index (χ0v) is 8.08. The fraction of sp³-hybridized carbons (Fsp3) is 0.800. The lowest BCUT2D eigenvalue weighted by atomic mass is 9.73. The van der Waals surface area contributed by atoms with Crippen molar-refractivity contribution in [2.24, 2.45) is 11.3 Å². The highest BCUT2D eigenvalue weighted by atomic mass is 16.3. The van der Waals surface area contributed by atoms with Crippen molar-refractivity contribution in [1.82, 2.24) is 0 Å². The van der Waals surface area contributed by atoms with Crippen LogP contribution in [0.3, 0.4) is 0 Å². The monoisotopic (exact) mass is 181 g/mol. The van der Waals surface area contributed by atoms with Crippen LogP contribution in [0.4, 0.5) is 0 Å². The minimum Gasteiger partial charge on any atom is -0.393 e. The van der Waals surface area contributed by atoms with Crippen molar-refractivity contribution in [3.8, 4) is 6.07 Å². The first-order chi connectivity index (χ1) is 6.02. The second-order valence-corrected chi connectivity index (χ2v) is 3.98. The van der Waals surface area contributed by atoms with E-state index in [2.05, 4.69) is 0 Å². The number of Topliss-reactive ketones (excluding diaryl/α,β-unsaturated/α-hetero) is 1. The van der Waals surface area contributed by atoms with Gasteiger partial charge in [0.15, 0.2) is 0 Å². The lowest BCUT2D eigenvalue weighted by molar-refractivity contribution is -0.127. The van der Waals surface area contributed by atoms with E-state index in [0.29, 0.717) is 0 Å². The molecule has 0 aromatic carbocycles. The molecule has 3 nitrogen and oxygen atoms in total. The average Bonchev–Trinajstić information content (AvgIpc) is 2.50. The molecule has 1 rings (SSSR count). The molecular weight excluding hydrogens is 166 g/mol. The number of hydrogen-bond acceptors (Lipinski definition) is 3. The molecule has 0 aliphatic heterocycles. The zero-order valence-electron chi connectivity index (χ0n) is 8.08. The van der Waals surface area contributed by atoms with Gasteiger partial charge in [0, 0.05) is 5.92 Å². The molecule has 0 spiro atoms. The normalized spacial score (nSPS) is 32.2. The Labute approximate surface area is 78.4 Å². The Hall–Kier alpha value is -0.880. The van der Waals surface area contributed by atoms with Crippen LogP contribution in [-0.2, 0) is 4.79 Å². The molecule has 1 saturated carbocycles. The van der Waals surface area contributed by atoms with Crippen molar-refractivity contribution in [1.29, 1.82) is 5.26 Å². The van der Waals surface area contributed by atoms with Crippen LogP contribution in [0.1, 0.15) is 33.1 Å². The van der Waals surface area contributed by atoms with Crippen LogP contribution in [0.5, 0.6) is 0 Å². The van der Waals surface area contributed by atoms with Crippen LogP contribution in [0, 0.1) is 22.7 Å². The molecule has 3 atom stereocenters. The van der Waals surface area contributed by atoms with Gasteiger partial charge in [-0.15, -0.1) is 0 Å². The molecule has 0 bridgehead atoms. The summed E-state index contributed by atoms with van der Waals surface area (Å²) in [7, 11) is 0. The standard InChI is InChI=1S/C10H15NO2/c1-7(12)10(2,6-11)8-4-3-5-9(8)13/h8-9,13H,3-5H2,1-2H3. The van der Waals surface area contributed by atoms with E-state index in [9.17, 15) is 9.90 Å². The van der Waals surface area contributed by atoms with Gasteiger partial charge in [0.05, 0.1) is 12.2 Å². The Morgan fingerprint density at radius 1 is 1.62 bits per heavy atom. The molecule has 0 aromatic heterocycles. The predicted octanol–water partition coefficient (Wildman–Crippen LogP) is 1.27. The summed E-state index contributed by atoms with van der Waals surface area (Å²) in [5, 5.41) is 18.6. The molecule has 1 aliphatic rings. The molecule has 0 saturated heterocycles. The van der Waals surface area contributed by atoms with Gasteiger partial charge in [-0.25, -0.2) is 0 Å². The van der Waals surface area contributed by atoms with Crippen molar-refractivity contribution in [3.05, 3.63) is 0 Å². The SMILES string of the molecule is CC(=O)C(C)(C#N)C1CCCC1O. The summed E-state index contributed by atoms with van der Waals surface area (Å²) in [5.41, 5.74) is -0.990. The van der Waals surface area contributed by atoms with Crippen LogP contribution < -0.4 is 0 Å². The van der Waals surface area contributed by atoms with E-state index in [1.165, 1.54) is 6.92 Å². The van der Waals surface area contributed by atoms with Gasteiger partial charge >= 0.3 is 0 Å². The van der Waals surface area contributed by atoms with Gasteiger partial charge in [-0.2, -0.15) is 5.26 Å². The first-order valence-corrected chi connectivity index (χ1v) is 4.62. The molecule has 3 unspecified atom stereocenters. The van der Waals surface area contributed by atoms with E-state index >= 15 is 0 Å². The summed E-state index contributed by atoms with van der Waals surface area (Å²) in [5.74, 6) is -0.309. The zero-order chi connectivity index (χ0) is 10.1. The second-order valence-electron chi connectivity index (χ2n) is 3.98. The molecule has 3 heteroatoms. The third-order valence-corrected chi connectivity index (χ3v) is 3.18. The van der Waals surface area contributed by atoms with E-state index < -0.39 is 11.5 Å². The van der Waals surface area contributed by atoms with Crippen molar-refractivity contribution in [2.45, 2.75) is 39.2 Å². The number of ketones is 1. The van der Waals surface area contributed by atoms with Crippen molar-refractivity contribution in [2.75, 3.05) is 0 Å². The number of carbonyl (C=O) groups is 1. The molecule has 0 heterocycles. The van der Waals surface area contributed by atoms with Crippen LogP contribution in [-0.4, -0.2) is 17.0 Å². The smallest absolute Gasteiger partial charge is 0.150 e. The van der Waals surface area contributed by atoms with Gasteiger partial charge < -0.3 is 5.11 Å². The highest BCUT2D eigenvalue weighted by molar-refractivity contribution is 5.85. The summed E-state index contributed by atoms with van der Waals surface area (Å²) in [6.07, 6.45) is 1.93. The van der Waals surface area contributed by atoms with Crippen molar-refractivity contribution < 1.29 is 9.90 Å². The Morgan fingerprint density at radius 3 is 2.54 bits per heavy atom. The molecule has 1 N–H and O–H groups in total. The quantitative estimate of drug-likeness (QED) is 0.697. The molecule has 0 aromatic rings. The molecule has 13 heavy (non-hydrogen) atoms. The average molecular weight is 181 g/mol. The predicted molar refractivity (Wildman–Crippen MR) is 47.7 cm³/mol. The van der Waals surface area contributed by atoms with Crippen LogP contribution in [0.2, 0.25) is 0 Å². The van der Waals surface area contributed by atoms with E-state index in [0.717, 1.165) is 19.3 Å². The Balaban J connectivity index is 2.90. The third kappa shape index (κ3) is 1.59. The highest BCUT2D eigenvalue weighted by Crippen LogP contribution is 2.40. The maximum atomic E-state index is 11.3. The topological polar surface area (TPSA) is 61.1 Å². The molecule has 0 radical (unpaired) electrons. The van der Waals surface area contributed by atoms with E-state index in [1.54, 1.807) is 6.92 Å². The second kappa shape index (κ2) is 3.47. The number of aliphatic hydroxyl groups is 1. The van der Waals surface area contributed by atoms with Crippen molar-refractivity contribution in [3.63, 3.8) is 0 Å². The largest absolute Gasteiger partial charge is 0.393 e. The maximum Gasteiger partial charge on any atom is 0.150 e. The Kier molecular flexibility index (Phi) is 2.72. The van der Waals surface area contributed by atoms with E-state index in [1.807, 2.05) is 6.07 Å². The molecule has 1 aliphatic carbocycles. The summed E-state index contributed by atoms with van der Waals surface area (Å²) in [6.45, 7) is 3.06. The minimum absolute atomic E-state index is 0.138. The van der Waals surface area contributed by atoms with Gasteiger partial charge in [-0.05, 0) is 26.7 Å². The van der Waals surface area contributed by atoms with Crippen LogP contribution in [0.25, 0.3) is 0 Å². The summed E-state index contributed by atoms with van der Waals surface area (Å²) < 4.78 is 0. The summed E-state index contributed by atoms with van der Waals surface area (Å²) >= 11 is 0. The fourth-order valence-corrected chi connectivity index (χ4v) is 2.04. The Bertz CT molecular complexity index is 256. The van der Waals surface area contributed by atoms with Gasteiger partial charge in [-0.3, -0.25) is 4.79 Å². The summed E-state index contributed by atoms with van der Waals surface area (Å²) in [4.78, 5) is 11.3. The first-order valence-electron chi connectivity index (χ1n) is 4.62. The number of nitriles is 1. The number of rotatable bonds is 2. The first kappa shape index (κ1) is 10.2. The van der Waals surface area contributed by atoms with E-state index in [4.69, 9.17) is 5.26 Å². The fourth-order valence-electron chi connectivity index (χ4n) is 2.04. The van der Waals surface area contributed by atoms with Crippen LogP contribution in [0.15, 0.2) is 0 Å². The number of carbonyl (C=O) groups excluding carboxylic acids is 1. The van der Waals surface area contributed by atoms with Gasteiger partial charge in [-0.1, -0.05) is 6.42 Å². The van der Waals surface area contributed by atoms with Crippen LogP contribution >= 0.6 is 0 Å². The highest BCUT2D eigenvalue weighted by Gasteiger charge is 2.44. The van der Waals surface area contributed by atoms with Gasteiger partial charge in [0.2, 0.25) is 0 Å².